The van der Waals surface area contributed by atoms with Crippen molar-refractivity contribution in [2.75, 3.05) is 26.8 Å². The fraction of sp³-hybridized carbons (Fsp3) is 0.292. The van der Waals surface area contributed by atoms with Gasteiger partial charge in [0.25, 0.3) is 0 Å². The van der Waals surface area contributed by atoms with Crippen molar-refractivity contribution in [2.45, 2.75) is 19.4 Å². The first-order valence-electron chi connectivity index (χ1n) is 10.3. The third kappa shape index (κ3) is 3.54. The van der Waals surface area contributed by atoms with E-state index in [-0.39, 0.29) is 18.2 Å². The molecule has 2 N–H and O–H groups in total. The number of aromatic nitrogens is 2. The van der Waals surface area contributed by atoms with Crippen LogP contribution in [-0.2, 0) is 19.4 Å². The van der Waals surface area contributed by atoms with Crippen LogP contribution < -0.4 is 4.74 Å². The first-order chi connectivity index (χ1) is 15.1. The molecule has 1 aliphatic heterocycles. The van der Waals surface area contributed by atoms with Gasteiger partial charge in [-0.05, 0) is 47.9 Å². The average Bonchev–Trinajstić information content (AvgIpc) is 3.13. The zero-order valence-electron chi connectivity index (χ0n) is 17.2. The maximum Gasteiger partial charge on any atom is 0.165 e. The summed E-state index contributed by atoms with van der Waals surface area (Å²) in [5.74, 6) is -0.495. The van der Waals surface area contributed by atoms with Gasteiger partial charge < -0.3 is 14.8 Å². The van der Waals surface area contributed by atoms with Crippen molar-refractivity contribution in [3.05, 3.63) is 70.5 Å². The van der Waals surface area contributed by atoms with Crippen LogP contribution in [0, 0.1) is 11.6 Å². The molecule has 2 aromatic carbocycles. The van der Waals surface area contributed by atoms with Gasteiger partial charge in [-0.15, -0.1) is 0 Å². The van der Waals surface area contributed by atoms with E-state index < -0.39 is 5.82 Å². The number of hydrogen-bond acceptors (Lipinski definition) is 4. The summed E-state index contributed by atoms with van der Waals surface area (Å²) in [4.78, 5) is 10.5. The van der Waals surface area contributed by atoms with Gasteiger partial charge in [0, 0.05) is 42.3 Å². The van der Waals surface area contributed by atoms with Crippen LogP contribution in [0.5, 0.6) is 5.75 Å². The number of nitrogens with zero attached hydrogens (tertiary/aromatic N) is 2. The minimum atomic E-state index is -0.415. The second kappa shape index (κ2) is 7.90. The number of aromatic amines is 1. The number of aliphatic hydroxyl groups excluding tert-OH is 1. The van der Waals surface area contributed by atoms with E-state index in [0.717, 1.165) is 57.3 Å². The molecule has 0 atom stereocenters. The summed E-state index contributed by atoms with van der Waals surface area (Å²) in [7, 11) is 1.44. The normalized spacial score (nSPS) is 14.3. The fourth-order valence-corrected chi connectivity index (χ4v) is 4.56. The minimum Gasteiger partial charge on any atom is -0.494 e. The van der Waals surface area contributed by atoms with E-state index in [1.807, 2.05) is 6.07 Å². The van der Waals surface area contributed by atoms with Crippen LogP contribution >= 0.6 is 0 Å². The fourth-order valence-electron chi connectivity index (χ4n) is 4.56. The quantitative estimate of drug-likeness (QED) is 0.510. The lowest BCUT2D eigenvalue weighted by atomic mass is 9.96. The largest absolute Gasteiger partial charge is 0.494 e. The molecule has 160 valence electrons. The Morgan fingerprint density at radius 1 is 1.19 bits per heavy atom. The SMILES string of the molecule is COc1ccc(Cc2nc3c(c4c2[nH]c2ccc(F)cc24)CCN(CCO)C3)cc1F. The molecule has 1 aliphatic rings. The Labute approximate surface area is 178 Å². The molecule has 4 aromatic rings. The number of hydrogen-bond donors (Lipinski definition) is 2. The van der Waals surface area contributed by atoms with Crippen LogP contribution in [0.3, 0.4) is 0 Å². The van der Waals surface area contributed by atoms with Crippen molar-refractivity contribution in [3.8, 4) is 5.75 Å². The topological polar surface area (TPSA) is 61.4 Å². The molecule has 7 heteroatoms. The van der Waals surface area contributed by atoms with Crippen molar-refractivity contribution in [1.82, 2.24) is 14.9 Å². The molecule has 2 aromatic heterocycles. The first kappa shape index (κ1) is 19.9. The molecule has 0 radical (unpaired) electrons. The van der Waals surface area contributed by atoms with E-state index in [2.05, 4.69) is 9.88 Å². The average molecular weight is 423 g/mol. The molecule has 0 saturated carbocycles. The number of aliphatic hydroxyl groups is 1. The van der Waals surface area contributed by atoms with Gasteiger partial charge in [-0.3, -0.25) is 9.88 Å². The summed E-state index contributed by atoms with van der Waals surface area (Å²) in [5, 5.41) is 11.2. The number of β-amino-alcohol motifs (C(OH)–C–C–N with tert-alkyl or cyclic N) is 1. The highest BCUT2D eigenvalue weighted by Gasteiger charge is 2.24. The standard InChI is InChI=1S/C24H23F2N3O2/c1-31-22-5-2-14(10-18(22)26)11-20-24-23(17-12-15(25)3-4-19(17)28-24)16-6-7-29(8-9-30)13-21(16)27-20/h2-5,10,12,28,30H,6-9,11,13H2,1H3. The van der Waals surface area contributed by atoms with Gasteiger partial charge in [-0.2, -0.15) is 0 Å². The number of H-pyrrole nitrogens is 1. The molecule has 0 spiro atoms. The predicted octanol–water partition coefficient (Wildman–Crippen LogP) is 3.94. The number of ether oxygens (including phenoxy) is 1. The molecule has 0 aliphatic carbocycles. The maximum absolute atomic E-state index is 14.3. The third-order valence-electron chi connectivity index (χ3n) is 6.02. The monoisotopic (exact) mass is 423 g/mol. The number of rotatable bonds is 5. The lowest BCUT2D eigenvalue weighted by molar-refractivity contribution is 0.183. The van der Waals surface area contributed by atoms with Gasteiger partial charge in [-0.1, -0.05) is 6.07 Å². The number of benzene rings is 2. The molecular weight excluding hydrogens is 400 g/mol. The van der Waals surface area contributed by atoms with Crippen molar-refractivity contribution < 1.29 is 18.6 Å². The van der Waals surface area contributed by atoms with E-state index in [0.29, 0.717) is 19.5 Å². The van der Waals surface area contributed by atoms with Gasteiger partial charge in [0.05, 0.1) is 30.6 Å². The van der Waals surface area contributed by atoms with Crippen LogP contribution in [0.25, 0.3) is 21.8 Å². The summed E-state index contributed by atoms with van der Waals surface area (Å²) in [5.41, 5.74) is 5.34. The van der Waals surface area contributed by atoms with Crippen LogP contribution in [-0.4, -0.2) is 46.8 Å². The highest BCUT2D eigenvalue weighted by Crippen LogP contribution is 2.35. The Kier molecular flexibility index (Phi) is 5.08. The summed E-state index contributed by atoms with van der Waals surface area (Å²) in [6.45, 7) is 2.11. The summed E-state index contributed by atoms with van der Waals surface area (Å²) in [6.07, 6.45) is 1.21. The maximum atomic E-state index is 14.3. The van der Waals surface area contributed by atoms with Gasteiger partial charge in [0.15, 0.2) is 11.6 Å². The highest BCUT2D eigenvalue weighted by atomic mass is 19.1. The van der Waals surface area contributed by atoms with Gasteiger partial charge in [-0.25, -0.2) is 8.78 Å². The molecule has 0 unspecified atom stereocenters. The van der Waals surface area contributed by atoms with Crippen LogP contribution in [0.2, 0.25) is 0 Å². The zero-order chi connectivity index (χ0) is 21.5. The van der Waals surface area contributed by atoms with Crippen LogP contribution in [0.4, 0.5) is 8.78 Å². The van der Waals surface area contributed by atoms with Crippen molar-refractivity contribution in [1.29, 1.82) is 0 Å². The second-order valence-electron chi connectivity index (χ2n) is 7.94. The first-order valence-corrected chi connectivity index (χ1v) is 10.3. The molecule has 0 bridgehead atoms. The number of fused-ring (bicyclic) bond motifs is 5. The molecule has 0 amide bonds. The van der Waals surface area contributed by atoms with Crippen molar-refractivity contribution in [2.24, 2.45) is 0 Å². The molecule has 0 fully saturated rings. The predicted molar refractivity (Wildman–Crippen MR) is 115 cm³/mol. The Balaban J connectivity index is 1.68. The van der Waals surface area contributed by atoms with Gasteiger partial charge in [0.2, 0.25) is 0 Å². The summed E-state index contributed by atoms with van der Waals surface area (Å²) >= 11 is 0. The zero-order valence-corrected chi connectivity index (χ0v) is 17.2. The van der Waals surface area contributed by atoms with E-state index in [4.69, 9.17) is 9.72 Å². The molecule has 31 heavy (non-hydrogen) atoms. The Morgan fingerprint density at radius 2 is 2.06 bits per heavy atom. The van der Waals surface area contributed by atoms with E-state index >= 15 is 0 Å². The number of halogens is 2. The van der Waals surface area contributed by atoms with Gasteiger partial charge >= 0.3 is 0 Å². The molecule has 0 saturated heterocycles. The smallest absolute Gasteiger partial charge is 0.165 e. The molecule has 3 heterocycles. The van der Waals surface area contributed by atoms with Crippen molar-refractivity contribution in [3.63, 3.8) is 0 Å². The summed E-state index contributed by atoms with van der Waals surface area (Å²) < 4.78 is 33.4. The second-order valence-corrected chi connectivity index (χ2v) is 7.94. The lowest BCUT2D eigenvalue weighted by Crippen LogP contribution is -2.33. The Bertz CT molecular complexity index is 1290. The number of nitrogens with one attached hydrogen (secondary N) is 1. The van der Waals surface area contributed by atoms with E-state index in [1.54, 1.807) is 18.2 Å². The third-order valence-corrected chi connectivity index (χ3v) is 6.02. The Morgan fingerprint density at radius 3 is 2.84 bits per heavy atom. The number of methoxy groups -OCH3 is 1. The minimum absolute atomic E-state index is 0.0911. The van der Waals surface area contributed by atoms with E-state index in [9.17, 15) is 13.9 Å². The summed E-state index contributed by atoms with van der Waals surface area (Å²) in [6, 6.07) is 9.66. The molecule has 5 nitrogen and oxygen atoms in total. The molecular formula is C24H23F2N3O2. The molecule has 5 rings (SSSR count). The number of pyridine rings is 1. The van der Waals surface area contributed by atoms with Gasteiger partial charge in [0.1, 0.15) is 5.82 Å². The van der Waals surface area contributed by atoms with Crippen LogP contribution in [0.15, 0.2) is 36.4 Å². The highest BCUT2D eigenvalue weighted by molar-refractivity contribution is 6.10. The van der Waals surface area contributed by atoms with E-state index in [1.165, 1.54) is 19.2 Å². The Hall–Kier alpha value is -3.03. The lowest BCUT2D eigenvalue weighted by Gasteiger charge is -2.28. The van der Waals surface area contributed by atoms with Crippen LogP contribution in [0.1, 0.15) is 22.5 Å². The van der Waals surface area contributed by atoms with Crippen molar-refractivity contribution >= 4 is 21.8 Å².